The number of benzene rings is 1. The first-order chi connectivity index (χ1) is 9.49. The van der Waals surface area contributed by atoms with E-state index >= 15 is 0 Å². The van der Waals surface area contributed by atoms with Gasteiger partial charge in [-0.1, -0.05) is 12.1 Å². The molecule has 0 radical (unpaired) electrons. The van der Waals surface area contributed by atoms with Crippen LogP contribution in [-0.2, 0) is 18.3 Å². The molecule has 2 rings (SSSR count). The number of hydrogen-bond donors (Lipinski definition) is 1. The molecule has 0 fully saturated rings. The van der Waals surface area contributed by atoms with E-state index in [1.807, 2.05) is 12.1 Å². The second kappa shape index (κ2) is 5.83. The molecule has 0 saturated carbocycles. The lowest BCUT2D eigenvalue weighted by Gasteiger charge is -2.12. The molecule has 0 aliphatic heterocycles. The molecule has 0 aliphatic carbocycles. The highest BCUT2D eigenvalue weighted by Crippen LogP contribution is 2.08. The van der Waals surface area contributed by atoms with Crippen LogP contribution in [-0.4, -0.2) is 34.6 Å². The summed E-state index contributed by atoms with van der Waals surface area (Å²) in [7, 11) is 5.19. The van der Waals surface area contributed by atoms with E-state index in [0.29, 0.717) is 23.1 Å². The third-order valence-electron chi connectivity index (χ3n) is 3.00. The van der Waals surface area contributed by atoms with Gasteiger partial charge in [0.05, 0.1) is 10.9 Å². The molecule has 6 heteroatoms. The summed E-state index contributed by atoms with van der Waals surface area (Å²) in [5.74, 6) is 0.514. The van der Waals surface area contributed by atoms with Crippen molar-refractivity contribution < 1.29 is 4.79 Å². The van der Waals surface area contributed by atoms with Gasteiger partial charge in [-0.2, -0.15) is 0 Å². The number of carbonyl (C=O) groups excluding carboxylic acids is 1. The number of aryl methyl sites for hydroxylation is 1. The predicted octanol–water partition coefficient (Wildman–Crippen LogP) is 0.459. The number of nitrogens with zero attached hydrogens (tertiary/aromatic N) is 3. The van der Waals surface area contributed by atoms with E-state index in [1.54, 1.807) is 38.3 Å². The van der Waals surface area contributed by atoms with Crippen molar-refractivity contribution >= 4 is 16.8 Å². The maximum Gasteiger partial charge on any atom is 0.261 e. The summed E-state index contributed by atoms with van der Waals surface area (Å²) < 4.78 is 1.51. The van der Waals surface area contributed by atoms with E-state index in [0.717, 1.165) is 0 Å². The van der Waals surface area contributed by atoms with Crippen LogP contribution in [0.5, 0.6) is 0 Å². The number of hydrogen-bond acceptors (Lipinski definition) is 4. The van der Waals surface area contributed by atoms with Crippen molar-refractivity contribution in [1.29, 1.82) is 0 Å². The molecule has 1 aromatic carbocycles. The molecular formula is C14H18N4O2. The van der Waals surface area contributed by atoms with E-state index in [2.05, 4.69) is 10.4 Å². The zero-order valence-electron chi connectivity index (χ0n) is 11.9. The molecule has 0 spiro atoms. The van der Waals surface area contributed by atoms with Crippen molar-refractivity contribution in [2.24, 2.45) is 7.05 Å². The Kier molecular flexibility index (Phi) is 4.14. The molecule has 1 aromatic heterocycles. The highest BCUT2D eigenvalue weighted by atomic mass is 16.2. The van der Waals surface area contributed by atoms with Gasteiger partial charge in [-0.25, -0.2) is 9.99 Å². The Morgan fingerprint density at radius 2 is 2.05 bits per heavy atom. The number of amides is 1. The van der Waals surface area contributed by atoms with Gasteiger partial charge in [0.2, 0.25) is 5.91 Å². The Hall–Kier alpha value is -2.21. The Labute approximate surface area is 117 Å². The van der Waals surface area contributed by atoms with E-state index < -0.39 is 0 Å². The molecule has 2 aromatic rings. The van der Waals surface area contributed by atoms with Gasteiger partial charge in [0, 0.05) is 34.0 Å². The minimum absolute atomic E-state index is 0.0846. The zero-order chi connectivity index (χ0) is 14.7. The number of para-hydroxylation sites is 1. The standard InChI is InChI=1S/C14H18N4O2/c1-17(2)16-13(19)9-8-12-15-11-7-5-4-6-10(11)14(20)18(12)3/h4-7H,8-9H2,1-3H3,(H,16,19). The summed E-state index contributed by atoms with van der Waals surface area (Å²) in [4.78, 5) is 28.3. The van der Waals surface area contributed by atoms with Gasteiger partial charge in [-0.05, 0) is 12.1 Å². The summed E-state index contributed by atoms with van der Waals surface area (Å²) in [6.45, 7) is 0. The third-order valence-corrected chi connectivity index (χ3v) is 3.00. The largest absolute Gasteiger partial charge is 0.299 e. The number of aromatic nitrogens is 2. The van der Waals surface area contributed by atoms with Gasteiger partial charge in [0.25, 0.3) is 5.56 Å². The number of fused-ring (bicyclic) bond motifs is 1. The van der Waals surface area contributed by atoms with Crippen molar-refractivity contribution in [1.82, 2.24) is 20.0 Å². The molecular weight excluding hydrogens is 256 g/mol. The first-order valence-corrected chi connectivity index (χ1v) is 6.40. The van der Waals surface area contributed by atoms with Crippen LogP contribution in [0.2, 0.25) is 0 Å². The fourth-order valence-electron chi connectivity index (χ4n) is 2.02. The smallest absolute Gasteiger partial charge is 0.261 e. The summed E-state index contributed by atoms with van der Waals surface area (Å²) >= 11 is 0. The zero-order valence-corrected chi connectivity index (χ0v) is 11.9. The molecule has 1 amide bonds. The number of rotatable bonds is 4. The summed E-state index contributed by atoms with van der Waals surface area (Å²) in [6, 6.07) is 7.22. The Bertz CT molecular complexity index is 691. The highest BCUT2D eigenvalue weighted by Gasteiger charge is 2.10. The lowest BCUT2D eigenvalue weighted by Crippen LogP contribution is -2.36. The number of carbonyl (C=O) groups is 1. The van der Waals surface area contributed by atoms with Crippen molar-refractivity contribution in [3.8, 4) is 0 Å². The molecule has 0 bridgehead atoms. The van der Waals surface area contributed by atoms with Crippen LogP contribution < -0.4 is 11.0 Å². The molecule has 0 saturated heterocycles. The fraction of sp³-hybridized carbons (Fsp3) is 0.357. The minimum atomic E-state index is -0.0996. The average Bonchev–Trinajstić information content (AvgIpc) is 2.40. The van der Waals surface area contributed by atoms with E-state index in [1.165, 1.54) is 4.57 Å². The molecule has 0 unspecified atom stereocenters. The van der Waals surface area contributed by atoms with Crippen LogP contribution in [0, 0.1) is 0 Å². The molecule has 1 heterocycles. The third kappa shape index (κ3) is 3.03. The average molecular weight is 274 g/mol. The molecule has 6 nitrogen and oxygen atoms in total. The molecule has 20 heavy (non-hydrogen) atoms. The first-order valence-electron chi connectivity index (χ1n) is 6.40. The Balaban J connectivity index is 2.25. The van der Waals surface area contributed by atoms with Crippen LogP contribution in [0.1, 0.15) is 12.2 Å². The van der Waals surface area contributed by atoms with Gasteiger partial charge in [-0.3, -0.25) is 19.6 Å². The molecule has 0 atom stereocenters. The van der Waals surface area contributed by atoms with Crippen molar-refractivity contribution in [2.45, 2.75) is 12.8 Å². The van der Waals surface area contributed by atoms with Crippen molar-refractivity contribution in [2.75, 3.05) is 14.1 Å². The molecule has 106 valence electrons. The maximum atomic E-state index is 12.2. The number of nitrogens with one attached hydrogen (secondary N) is 1. The SMILES string of the molecule is CN(C)NC(=O)CCc1nc2ccccc2c(=O)n1C. The second-order valence-corrected chi connectivity index (χ2v) is 4.84. The summed E-state index contributed by atoms with van der Waals surface area (Å²) in [5, 5.41) is 2.19. The Morgan fingerprint density at radius 1 is 1.35 bits per heavy atom. The van der Waals surface area contributed by atoms with Crippen molar-refractivity contribution in [3.05, 3.63) is 40.4 Å². The van der Waals surface area contributed by atoms with Gasteiger partial charge < -0.3 is 0 Å². The Morgan fingerprint density at radius 3 is 2.75 bits per heavy atom. The van der Waals surface area contributed by atoms with E-state index in [4.69, 9.17) is 0 Å². The minimum Gasteiger partial charge on any atom is -0.299 e. The van der Waals surface area contributed by atoms with Crippen LogP contribution >= 0.6 is 0 Å². The quantitative estimate of drug-likeness (QED) is 0.822. The van der Waals surface area contributed by atoms with Gasteiger partial charge >= 0.3 is 0 Å². The van der Waals surface area contributed by atoms with Gasteiger partial charge in [0.15, 0.2) is 0 Å². The predicted molar refractivity (Wildman–Crippen MR) is 77.1 cm³/mol. The highest BCUT2D eigenvalue weighted by molar-refractivity contribution is 5.78. The normalized spacial score (nSPS) is 11.0. The van der Waals surface area contributed by atoms with E-state index in [-0.39, 0.29) is 17.9 Å². The lowest BCUT2D eigenvalue weighted by atomic mass is 10.2. The first kappa shape index (κ1) is 14.2. The molecule has 0 aliphatic rings. The van der Waals surface area contributed by atoms with Crippen molar-refractivity contribution in [3.63, 3.8) is 0 Å². The van der Waals surface area contributed by atoms with Crippen LogP contribution in [0.3, 0.4) is 0 Å². The summed E-state index contributed by atoms with van der Waals surface area (Å²) in [6.07, 6.45) is 0.715. The van der Waals surface area contributed by atoms with E-state index in [9.17, 15) is 9.59 Å². The second-order valence-electron chi connectivity index (χ2n) is 4.84. The fourth-order valence-corrected chi connectivity index (χ4v) is 2.02. The topological polar surface area (TPSA) is 67.2 Å². The lowest BCUT2D eigenvalue weighted by molar-refractivity contribution is -0.124. The van der Waals surface area contributed by atoms with Crippen LogP contribution in [0.15, 0.2) is 29.1 Å². The van der Waals surface area contributed by atoms with Crippen LogP contribution in [0.4, 0.5) is 0 Å². The number of hydrazine groups is 1. The maximum absolute atomic E-state index is 12.2. The van der Waals surface area contributed by atoms with Crippen LogP contribution in [0.25, 0.3) is 10.9 Å². The monoisotopic (exact) mass is 274 g/mol. The van der Waals surface area contributed by atoms with Gasteiger partial charge in [-0.15, -0.1) is 0 Å². The summed E-state index contributed by atoms with van der Waals surface area (Å²) in [5.41, 5.74) is 3.24. The van der Waals surface area contributed by atoms with Gasteiger partial charge in [0.1, 0.15) is 5.82 Å². The molecule has 1 N–H and O–H groups in total.